The summed E-state index contributed by atoms with van der Waals surface area (Å²) in [5, 5.41) is 0.808. The Morgan fingerprint density at radius 2 is 2.05 bits per heavy atom. The monoisotopic (exact) mass is 292 g/mol. The summed E-state index contributed by atoms with van der Waals surface area (Å²) in [6.07, 6.45) is 0. The Labute approximate surface area is 124 Å². The van der Waals surface area contributed by atoms with Gasteiger partial charge >= 0.3 is 0 Å². The molecule has 2 rings (SSSR count). The minimum absolute atomic E-state index is 0.0553. The fourth-order valence-electron chi connectivity index (χ4n) is 2.05. The summed E-state index contributed by atoms with van der Waals surface area (Å²) in [7, 11) is 4.17. The van der Waals surface area contributed by atoms with Crippen molar-refractivity contribution in [1.82, 2.24) is 4.98 Å². The SMILES string of the molecule is CC(=O)N(CC[NH+](C)C)c1nc2c(C)c(C)ccc2s1. The molecule has 1 N–H and O–H groups in total. The van der Waals surface area contributed by atoms with Crippen LogP contribution in [0.15, 0.2) is 12.1 Å². The van der Waals surface area contributed by atoms with E-state index in [0.717, 1.165) is 21.9 Å². The molecule has 2 aromatic rings. The van der Waals surface area contributed by atoms with Crippen LogP contribution in [-0.4, -0.2) is 38.1 Å². The quantitative estimate of drug-likeness (QED) is 0.925. The zero-order valence-corrected chi connectivity index (χ0v) is 13.6. The molecule has 0 aliphatic carbocycles. The fraction of sp³-hybridized carbons (Fsp3) is 0.467. The van der Waals surface area contributed by atoms with Crippen LogP contribution in [0.3, 0.4) is 0 Å². The van der Waals surface area contributed by atoms with Crippen molar-refractivity contribution >= 4 is 32.6 Å². The number of fused-ring (bicyclic) bond motifs is 1. The molecule has 1 aromatic carbocycles. The first-order chi connectivity index (χ1) is 9.40. The average molecular weight is 292 g/mol. The number of thiazole rings is 1. The van der Waals surface area contributed by atoms with E-state index >= 15 is 0 Å². The summed E-state index contributed by atoms with van der Waals surface area (Å²) in [5.74, 6) is 0.0553. The first-order valence-electron chi connectivity index (χ1n) is 6.84. The topological polar surface area (TPSA) is 37.6 Å². The van der Waals surface area contributed by atoms with E-state index in [9.17, 15) is 4.79 Å². The molecule has 108 valence electrons. The number of hydrogen-bond acceptors (Lipinski definition) is 3. The van der Waals surface area contributed by atoms with Gasteiger partial charge < -0.3 is 4.90 Å². The van der Waals surface area contributed by atoms with Gasteiger partial charge in [-0.2, -0.15) is 0 Å². The van der Waals surface area contributed by atoms with Crippen LogP contribution in [0.5, 0.6) is 0 Å². The highest BCUT2D eigenvalue weighted by Gasteiger charge is 2.18. The van der Waals surface area contributed by atoms with E-state index in [4.69, 9.17) is 0 Å². The van der Waals surface area contributed by atoms with E-state index in [1.54, 1.807) is 23.2 Å². The second-order valence-corrected chi connectivity index (χ2v) is 6.49. The molecule has 0 saturated carbocycles. The van der Waals surface area contributed by atoms with Gasteiger partial charge in [0.2, 0.25) is 5.91 Å². The van der Waals surface area contributed by atoms with E-state index in [2.05, 4.69) is 45.1 Å². The first kappa shape index (κ1) is 14.9. The number of aromatic nitrogens is 1. The Morgan fingerprint density at radius 1 is 1.35 bits per heavy atom. The third kappa shape index (κ3) is 2.99. The van der Waals surface area contributed by atoms with Gasteiger partial charge in [0.05, 0.1) is 37.4 Å². The van der Waals surface area contributed by atoms with Gasteiger partial charge in [-0.15, -0.1) is 0 Å². The molecule has 0 atom stereocenters. The van der Waals surface area contributed by atoms with Gasteiger partial charge in [0.1, 0.15) is 0 Å². The highest BCUT2D eigenvalue weighted by atomic mass is 32.1. The van der Waals surface area contributed by atoms with Crippen molar-refractivity contribution in [3.63, 3.8) is 0 Å². The van der Waals surface area contributed by atoms with E-state index in [1.165, 1.54) is 16.0 Å². The Hall–Kier alpha value is -1.46. The number of carbonyl (C=O) groups excluding carboxylic acids is 1. The molecule has 0 bridgehead atoms. The van der Waals surface area contributed by atoms with Gasteiger partial charge in [0, 0.05) is 6.92 Å². The maximum absolute atomic E-state index is 11.9. The lowest BCUT2D eigenvalue weighted by atomic mass is 10.1. The van der Waals surface area contributed by atoms with Crippen molar-refractivity contribution in [2.75, 3.05) is 32.1 Å². The number of rotatable bonds is 4. The maximum atomic E-state index is 11.9. The molecule has 20 heavy (non-hydrogen) atoms. The van der Waals surface area contributed by atoms with Crippen molar-refractivity contribution in [2.24, 2.45) is 0 Å². The van der Waals surface area contributed by atoms with E-state index in [0.29, 0.717) is 6.54 Å². The number of hydrogen-bond donors (Lipinski definition) is 1. The van der Waals surface area contributed by atoms with E-state index in [1.807, 2.05) is 0 Å². The van der Waals surface area contributed by atoms with Crippen LogP contribution >= 0.6 is 11.3 Å². The minimum Gasteiger partial charge on any atom is -0.338 e. The first-order valence-corrected chi connectivity index (χ1v) is 7.65. The zero-order chi connectivity index (χ0) is 14.9. The van der Waals surface area contributed by atoms with Crippen LogP contribution in [0.25, 0.3) is 10.2 Å². The Bertz CT molecular complexity index is 633. The van der Waals surface area contributed by atoms with Crippen LogP contribution in [-0.2, 0) is 4.79 Å². The standard InChI is InChI=1S/C15H21N3OS/c1-10-6-7-13-14(11(10)2)16-15(20-13)18(12(3)19)9-8-17(4)5/h6-7H,8-9H2,1-5H3/p+1. The average Bonchev–Trinajstić information content (AvgIpc) is 2.78. The molecule has 0 unspecified atom stereocenters. The Morgan fingerprint density at radius 3 is 2.65 bits per heavy atom. The lowest BCUT2D eigenvalue weighted by Crippen LogP contribution is -3.06. The van der Waals surface area contributed by atoms with Gasteiger partial charge in [-0.3, -0.25) is 9.69 Å². The summed E-state index contributed by atoms with van der Waals surface area (Å²) < 4.78 is 1.14. The predicted molar refractivity (Wildman–Crippen MR) is 84.8 cm³/mol. The van der Waals surface area contributed by atoms with Crippen molar-refractivity contribution < 1.29 is 9.69 Å². The molecule has 0 spiro atoms. The number of likely N-dealkylation sites (N-methyl/N-ethyl adjacent to an activating group) is 1. The largest absolute Gasteiger partial charge is 0.338 e. The molecular weight excluding hydrogens is 270 g/mol. The molecule has 0 aliphatic heterocycles. The molecule has 1 heterocycles. The second-order valence-electron chi connectivity index (χ2n) is 5.48. The molecule has 4 nitrogen and oxygen atoms in total. The number of amides is 1. The maximum Gasteiger partial charge on any atom is 0.225 e. The number of quaternary nitrogens is 1. The normalized spacial score (nSPS) is 11.3. The number of benzene rings is 1. The number of nitrogens with zero attached hydrogens (tertiary/aromatic N) is 2. The third-order valence-corrected chi connectivity index (χ3v) is 4.56. The van der Waals surface area contributed by atoms with Crippen LogP contribution in [0.2, 0.25) is 0 Å². The highest BCUT2D eigenvalue weighted by Crippen LogP contribution is 2.31. The van der Waals surface area contributed by atoms with Gasteiger partial charge in [-0.05, 0) is 31.0 Å². The van der Waals surface area contributed by atoms with Crippen LogP contribution in [0.1, 0.15) is 18.1 Å². The Balaban J connectivity index is 2.39. The number of carbonyl (C=O) groups is 1. The number of nitrogens with one attached hydrogen (secondary N) is 1. The van der Waals surface area contributed by atoms with Crippen LogP contribution in [0.4, 0.5) is 5.13 Å². The lowest BCUT2D eigenvalue weighted by Gasteiger charge is -2.18. The van der Waals surface area contributed by atoms with Gasteiger partial charge in [0.15, 0.2) is 5.13 Å². The van der Waals surface area contributed by atoms with Crippen molar-refractivity contribution in [2.45, 2.75) is 20.8 Å². The zero-order valence-electron chi connectivity index (χ0n) is 12.8. The number of anilines is 1. The van der Waals surface area contributed by atoms with Crippen molar-refractivity contribution in [3.8, 4) is 0 Å². The van der Waals surface area contributed by atoms with Crippen LogP contribution < -0.4 is 9.80 Å². The highest BCUT2D eigenvalue weighted by molar-refractivity contribution is 7.22. The minimum atomic E-state index is 0.0553. The summed E-state index contributed by atoms with van der Waals surface area (Å²) >= 11 is 1.59. The summed E-state index contributed by atoms with van der Waals surface area (Å²) in [5.41, 5.74) is 3.46. The molecule has 1 aromatic heterocycles. The van der Waals surface area contributed by atoms with Crippen molar-refractivity contribution in [1.29, 1.82) is 0 Å². The van der Waals surface area contributed by atoms with Crippen LogP contribution in [0, 0.1) is 13.8 Å². The molecule has 0 fully saturated rings. The smallest absolute Gasteiger partial charge is 0.225 e. The van der Waals surface area contributed by atoms with Gasteiger partial charge in [0.25, 0.3) is 0 Å². The van der Waals surface area contributed by atoms with Crippen molar-refractivity contribution in [3.05, 3.63) is 23.3 Å². The molecule has 5 heteroatoms. The van der Waals surface area contributed by atoms with Gasteiger partial charge in [-0.25, -0.2) is 4.98 Å². The molecule has 0 saturated heterocycles. The molecule has 0 radical (unpaired) electrons. The molecule has 1 amide bonds. The summed E-state index contributed by atoms with van der Waals surface area (Å²) in [4.78, 5) is 19.7. The van der Waals surface area contributed by atoms with Gasteiger partial charge in [-0.1, -0.05) is 17.4 Å². The fourth-order valence-corrected chi connectivity index (χ4v) is 3.15. The Kier molecular flexibility index (Phi) is 4.40. The van der Waals surface area contributed by atoms with E-state index in [-0.39, 0.29) is 5.91 Å². The second kappa shape index (κ2) is 5.89. The molecular formula is C15H22N3OS+. The van der Waals surface area contributed by atoms with E-state index < -0.39 is 0 Å². The summed E-state index contributed by atoms with van der Waals surface area (Å²) in [6.45, 7) is 7.40. The lowest BCUT2D eigenvalue weighted by molar-refractivity contribution is -0.856. The number of aryl methyl sites for hydroxylation is 2. The third-order valence-electron chi connectivity index (χ3n) is 3.52. The predicted octanol–water partition coefficient (Wildman–Crippen LogP) is 1.41. The summed E-state index contributed by atoms with van der Waals surface area (Å²) in [6, 6.07) is 4.20. The molecule has 0 aliphatic rings.